The molecule has 5 heteroatoms. The van der Waals surface area contributed by atoms with E-state index in [1.807, 2.05) is 0 Å². The Balaban J connectivity index is 2.09. The normalized spacial score (nSPS) is 10.4. The number of hydrogen-bond acceptors (Lipinski definition) is 2. The predicted octanol–water partition coefficient (Wildman–Crippen LogP) is 3.81. The molecule has 0 amide bonds. The molecule has 2 aromatic rings. The van der Waals surface area contributed by atoms with Crippen LogP contribution in [-0.4, -0.2) is 0 Å². The van der Waals surface area contributed by atoms with Crippen LogP contribution in [0.25, 0.3) is 0 Å². The SMILES string of the molecule is Nc1cc(Cl)ccc1NCc1ccc(F)c(F)c1. The highest BCUT2D eigenvalue weighted by molar-refractivity contribution is 6.31. The van der Waals surface area contributed by atoms with Gasteiger partial charge in [0.1, 0.15) is 0 Å². The van der Waals surface area contributed by atoms with E-state index in [1.165, 1.54) is 6.07 Å². The van der Waals surface area contributed by atoms with Crippen LogP contribution in [0.2, 0.25) is 5.02 Å². The van der Waals surface area contributed by atoms with E-state index in [-0.39, 0.29) is 0 Å². The van der Waals surface area contributed by atoms with Gasteiger partial charge in [-0.1, -0.05) is 17.7 Å². The molecule has 0 saturated carbocycles. The van der Waals surface area contributed by atoms with Crippen LogP contribution < -0.4 is 11.1 Å². The lowest BCUT2D eigenvalue weighted by molar-refractivity contribution is 0.507. The molecule has 0 spiro atoms. The van der Waals surface area contributed by atoms with Crippen LogP contribution >= 0.6 is 11.6 Å². The molecular formula is C13H11ClF2N2. The first-order valence-electron chi connectivity index (χ1n) is 5.29. The number of anilines is 2. The van der Waals surface area contributed by atoms with Crippen LogP contribution in [0.15, 0.2) is 36.4 Å². The maximum absolute atomic E-state index is 13.0. The quantitative estimate of drug-likeness (QED) is 0.831. The fourth-order valence-electron chi connectivity index (χ4n) is 1.54. The predicted molar refractivity (Wildman–Crippen MR) is 69.5 cm³/mol. The van der Waals surface area contributed by atoms with Gasteiger partial charge >= 0.3 is 0 Å². The molecule has 0 radical (unpaired) electrons. The highest BCUT2D eigenvalue weighted by atomic mass is 35.5. The Hall–Kier alpha value is -1.81. The maximum Gasteiger partial charge on any atom is 0.159 e. The molecule has 2 aromatic carbocycles. The van der Waals surface area contributed by atoms with Crippen molar-refractivity contribution in [2.45, 2.75) is 6.54 Å². The van der Waals surface area contributed by atoms with Crippen LogP contribution in [0.4, 0.5) is 20.2 Å². The third kappa shape index (κ3) is 2.90. The zero-order valence-electron chi connectivity index (χ0n) is 9.38. The summed E-state index contributed by atoms with van der Waals surface area (Å²) in [6.45, 7) is 0.350. The summed E-state index contributed by atoms with van der Waals surface area (Å²) in [5.41, 5.74) is 7.59. The van der Waals surface area contributed by atoms with Crippen LogP contribution in [0.3, 0.4) is 0 Å². The summed E-state index contributed by atoms with van der Waals surface area (Å²) < 4.78 is 25.7. The molecule has 2 nitrogen and oxygen atoms in total. The number of benzene rings is 2. The second kappa shape index (κ2) is 5.23. The highest BCUT2D eigenvalue weighted by Crippen LogP contribution is 2.23. The molecule has 0 aliphatic rings. The van der Waals surface area contributed by atoms with E-state index in [2.05, 4.69) is 5.32 Å². The lowest BCUT2D eigenvalue weighted by atomic mass is 10.2. The van der Waals surface area contributed by atoms with Crippen molar-refractivity contribution >= 4 is 23.0 Å². The second-order valence-electron chi connectivity index (χ2n) is 3.83. The van der Waals surface area contributed by atoms with Gasteiger partial charge in [-0.3, -0.25) is 0 Å². The highest BCUT2D eigenvalue weighted by Gasteiger charge is 2.03. The van der Waals surface area contributed by atoms with Gasteiger partial charge in [-0.15, -0.1) is 0 Å². The van der Waals surface area contributed by atoms with Gasteiger partial charge in [-0.25, -0.2) is 8.78 Å². The van der Waals surface area contributed by atoms with Crippen molar-refractivity contribution in [3.8, 4) is 0 Å². The zero-order valence-corrected chi connectivity index (χ0v) is 10.1. The van der Waals surface area contributed by atoms with E-state index in [0.717, 1.165) is 12.1 Å². The molecule has 0 aliphatic heterocycles. The molecule has 0 aromatic heterocycles. The molecule has 0 bridgehead atoms. The standard InChI is InChI=1S/C13H11ClF2N2/c14-9-2-4-13(12(17)6-9)18-7-8-1-3-10(15)11(16)5-8/h1-6,18H,7,17H2. The van der Waals surface area contributed by atoms with Crippen molar-refractivity contribution in [2.75, 3.05) is 11.1 Å². The van der Waals surface area contributed by atoms with Gasteiger partial charge in [-0.2, -0.15) is 0 Å². The summed E-state index contributed by atoms with van der Waals surface area (Å²) in [6.07, 6.45) is 0. The fourth-order valence-corrected chi connectivity index (χ4v) is 1.72. The minimum absolute atomic E-state index is 0.350. The van der Waals surface area contributed by atoms with Gasteiger partial charge < -0.3 is 11.1 Å². The first-order chi connectivity index (χ1) is 8.56. The van der Waals surface area contributed by atoms with Crippen LogP contribution in [0.5, 0.6) is 0 Å². The van der Waals surface area contributed by atoms with E-state index < -0.39 is 11.6 Å². The van der Waals surface area contributed by atoms with E-state index >= 15 is 0 Å². The van der Waals surface area contributed by atoms with Gasteiger partial charge in [0.2, 0.25) is 0 Å². The van der Waals surface area contributed by atoms with Gasteiger partial charge in [0, 0.05) is 11.6 Å². The molecule has 3 N–H and O–H groups in total. The third-order valence-electron chi connectivity index (χ3n) is 2.48. The number of rotatable bonds is 3. The van der Waals surface area contributed by atoms with E-state index in [1.54, 1.807) is 18.2 Å². The molecule has 0 fully saturated rings. The van der Waals surface area contributed by atoms with Crippen LogP contribution in [0, 0.1) is 11.6 Å². The molecule has 0 unspecified atom stereocenters. The smallest absolute Gasteiger partial charge is 0.159 e. The monoisotopic (exact) mass is 268 g/mol. The van der Waals surface area contributed by atoms with Crippen molar-refractivity contribution in [2.24, 2.45) is 0 Å². The first kappa shape index (κ1) is 12.6. The van der Waals surface area contributed by atoms with Crippen molar-refractivity contribution in [1.29, 1.82) is 0 Å². The average molecular weight is 269 g/mol. The zero-order chi connectivity index (χ0) is 13.1. The number of nitrogen functional groups attached to an aromatic ring is 1. The first-order valence-corrected chi connectivity index (χ1v) is 5.67. The summed E-state index contributed by atoms with van der Waals surface area (Å²) in [6, 6.07) is 8.81. The van der Waals surface area contributed by atoms with Crippen molar-refractivity contribution in [3.63, 3.8) is 0 Å². The largest absolute Gasteiger partial charge is 0.397 e. The van der Waals surface area contributed by atoms with Crippen molar-refractivity contribution in [3.05, 3.63) is 58.6 Å². The Labute approximate surface area is 108 Å². The summed E-state index contributed by atoms with van der Waals surface area (Å²) in [7, 11) is 0. The number of halogens is 3. The van der Waals surface area contributed by atoms with Crippen molar-refractivity contribution in [1.82, 2.24) is 0 Å². The maximum atomic E-state index is 13.0. The van der Waals surface area contributed by atoms with Gasteiger partial charge in [-0.05, 0) is 35.9 Å². The molecule has 0 heterocycles. The number of hydrogen-bond donors (Lipinski definition) is 2. The Kier molecular flexibility index (Phi) is 3.67. The third-order valence-corrected chi connectivity index (χ3v) is 2.72. The molecule has 0 saturated heterocycles. The molecule has 2 rings (SSSR count). The van der Waals surface area contributed by atoms with Crippen molar-refractivity contribution < 1.29 is 8.78 Å². The fraction of sp³-hybridized carbons (Fsp3) is 0.0769. The Morgan fingerprint density at radius 2 is 1.83 bits per heavy atom. The van der Waals surface area contributed by atoms with E-state index in [0.29, 0.717) is 28.5 Å². The second-order valence-corrected chi connectivity index (χ2v) is 4.27. The lowest BCUT2D eigenvalue weighted by Crippen LogP contribution is -2.03. The van der Waals surface area contributed by atoms with E-state index in [4.69, 9.17) is 17.3 Å². The molecular weight excluding hydrogens is 258 g/mol. The Morgan fingerprint density at radius 3 is 2.50 bits per heavy atom. The Bertz CT molecular complexity index is 573. The molecule has 94 valence electrons. The number of nitrogens with one attached hydrogen (secondary N) is 1. The van der Waals surface area contributed by atoms with E-state index in [9.17, 15) is 8.78 Å². The summed E-state index contributed by atoms with van der Waals surface area (Å²) in [5.74, 6) is -1.72. The average Bonchev–Trinajstić information content (AvgIpc) is 2.32. The molecule has 0 aliphatic carbocycles. The van der Waals surface area contributed by atoms with Gasteiger partial charge in [0.25, 0.3) is 0 Å². The van der Waals surface area contributed by atoms with Gasteiger partial charge in [0.05, 0.1) is 11.4 Å². The van der Waals surface area contributed by atoms with Crippen LogP contribution in [0.1, 0.15) is 5.56 Å². The molecule has 0 atom stereocenters. The topological polar surface area (TPSA) is 38.0 Å². The summed E-state index contributed by atoms with van der Waals surface area (Å²) in [5, 5.41) is 3.58. The lowest BCUT2D eigenvalue weighted by Gasteiger charge is -2.09. The minimum atomic E-state index is -0.863. The van der Waals surface area contributed by atoms with Crippen LogP contribution in [-0.2, 0) is 6.54 Å². The summed E-state index contributed by atoms with van der Waals surface area (Å²) >= 11 is 5.77. The van der Waals surface area contributed by atoms with Gasteiger partial charge in [0.15, 0.2) is 11.6 Å². The minimum Gasteiger partial charge on any atom is -0.397 e. The number of nitrogens with two attached hydrogens (primary N) is 1. The Morgan fingerprint density at radius 1 is 1.06 bits per heavy atom. The molecule has 18 heavy (non-hydrogen) atoms. The summed E-state index contributed by atoms with van der Waals surface area (Å²) in [4.78, 5) is 0.